The van der Waals surface area contributed by atoms with Crippen molar-refractivity contribution < 1.29 is 5.11 Å². The highest BCUT2D eigenvalue weighted by atomic mass is 16.3. The van der Waals surface area contributed by atoms with Gasteiger partial charge in [-0.1, -0.05) is 36.9 Å². The zero-order chi connectivity index (χ0) is 13.0. The Bertz CT molecular complexity index is 587. The SMILES string of the molecule is C=C(/C=C\C=C/C(C)O)Nn1[nH]c2ccccc21. The number of hydrogen-bond acceptors (Lipinski definition) is 2. The van der Waals surface area contributed by atoms with E-state index in [9.17, 15) is 0 Å². The van der Waals surface area contributed by atoms with Gasteiger partial charge >= 0.3 is 0 Å². The van der Waals surface area contributed by atoms with E-state index in [1.54, 1.807) is 23.9 Å². The van der Waals surface area contributed by atoms with Crippen molar-refractivity contribution in [1.29, 1.82) is 0 Å². The van der Waals surface area contributed by atoms with Crippen molar-refractivity contribution in [2.24, 2.45) is 0 Å². The van der Waals surface area contributed by atoms with Crippen molar-refractivity contribution in [2.45, 2.75) is 13.0 Å². The number of para-hydroxylation sites is 2. The van der Waals surface area contributed by atoms with Gasteiger partial charge in [-0.15, -0.1) is 0 Å². The zero-order valence-electron chi connectivity index (χ0n) is 10.3. The minimum Gasteiger partial charge on any atom is -0.389 e. The van der Waals surface area contributed by atoms with Gasteiger partial charge in [-0.3, -0.25) is 10.5 Å². The molecule has 2 aromatic rings. The summed E-state index contributed by atoms with van der Waals surface area (Å²) in [4.78, 5) is 1.81. The molecule has 3 N–H and O–H groups in total. The average molecular weight is 243 g/mol. The summed E-state index contributed by atoms with van der Waals surface area (Å²) < 4.78 is 0. The van der Waals surface area contributed by atoms with Gasteiger partial charge in [-0.2, -0.15) is 4.79 Å². The van der Waals surface area contributed by atoms with E-state index in [1.165, 1.54) is 0 Å². The first kappa shape index (κ1) is 12.3. The molecule has 1 aromatic heterocycles. The summed E-state index contributed by atoms with van der Waals surface area (Å²) in [5, 5.41) is 12.2. The van der Waals surface area contributed by atoms with Crippen LogP contribution in [0.3, 0.4) is 0 Å². The van der Waals surface area contributed by atoms with Gasteiger partial charge < -0.3 is 5.11 Å². The molecule has 0 aliphatic rings. The highest BCUT2D eigenvalue weighted by Gasteiger charge is 2.02. The Morgan fingerprint density at radius 2 is 2.22 bits per heavy atom. The summed E-state index contributed by atoms with van der Waals surface area (Å²) in [7, 11) is 0. The zero-order valence-corrected chi connectivity index (χ0v) is 10.3. The lowest BCUT2D eigenvalue weighted by atomic mass is 10.3. The maximum absolute atomic E-state index is 9.04. The molecule has 1 atom stereocenters. The van der Waals surface area contributed by atoms with Crippen LogP contribution in [0, 0.1) is 0 Å². The first-order chi connectivity index (χ1) is 8.66. The normalized spacial score (nSPS) is 13.7. The van der Waals surface area contributed by atoms with Crippen LogP contribution in [-0.4, -0.2) is 21.1 Å². The molecule has 0 spiro atoms. The van der Waals surface area contributed by atoms with E-state index in [0.717, 1.165) is 16.7 Å². The number of H-pyrrole nitrogens is 1. The monoisotopic (exact) mass is 243 g/mol. The van der Waals surface area contributed by atoms with Crippen LogP contribution in [-0.2, 0) is 0 Å². The van der Waals surface area contributed by atoms with E-state index in [0.29, 0.717) is 0 Å². The second-order valence-corrected chi connectivity index (χ2v) is 4.09. The lowest BCUT2D eigenvalue weighted by Gasteiger charge is -2.17. The average Bonchev–Trinajstić information content (AvgIpc) is 2.31. The van der Waals surface area contributed by atoms with Crippen molar-refractivity contribution in [3.05, 3.63) is 60.8 Å². The van der Waals surface area contributed by atoms with Crippen molar-refractivity contribution in [3.63, 3.8) is 0 Å². The summed E-state index contributed by atoms with van der Waals surface area (Å²) >= 11 is 0. The molecule has 4 heteroatoms. The van der Waals surface area contributed by atoms with Gasteiger partial charge in [0.15, 0.2) is 0 Å². The molecule has 2 rings (SSSR count). The Morgan fingerprint density at radius 3 is 2.94 bits per heavy atom. The number of aromatic amines is 1. The van der Waals surface area contributed by atoms with Crippen molar-refractivity contribution in [3.8, 4) is 0 Å². The van der Waals surface area contributed by atoms with Gasteiger partial charge in [0.05, 0.1) is 11.6 Å². The molecule has 0 amide bonds. The lowest BCUT2D eigenvalue weighted by molar-refractivity contribution is 0.244. The third-order valence-electron chi connectivity index (χ3n) is 2.43. The molecule has 0 aliphatic heterocycles. The van der Waals surface area contributed by atoms with Crippen LogP contribution < -0.4 is 5.43 Å². The molecule has 4 nitrogen and oxygen atoms in total. The lowest BCUT2D eigenvalue weighted by Crippen LogP contribution is -2.20. The molecule has 0 saturated heterocycles. The second kappa shape index (κ2) is 5.42. The summed E-state index contributed by atoms with van der Waals surface area (Å²) in [6.07, 6.45) is 6.71. The van der Waals surface area contributed by atoms with Crippen molar-refractivity contribution in [1.82, 2.24) is 9.89 Å². The Balaban J connectivity index is 1.93. The first-order valence-electron chi connectivity index (χ1n) is 5.81. The van der Waals surface area contributed by atoms with E-state index >= 15 is 0 Å². The number of hydrogen-bond donors (Lipinski definition) is 3. The van der Waals surface area contributed by atoms with E-state index < -0.39 is 6.10 Å². The number of nitrogens with zero attached hydrogens (tertiary/aromatic N) is 1. The highest BCUT2D eigenvalue weighted by Crippen LogP contribution is 2.12. The number of rotatable bonds is 5. The fourth-order valence-electron chi connectivity index (χ4n) is 1.56. The Labute approximate surface area is 106 Å². The summed E-state index contributed by atoms with van der Waals surface area (Å²) in [6, 6.07) is 8.00. The predicted molar refractivity (Wildman–Crippen MR) is 74.8 cm³/mol. The number of fused-ring (bicyclic) bond motifs is 1. The van der Waals surface area contributed by atoms with Gasteiger partial charge in [-0.05, 0) is 25.1 Å². The van der Waals surface area contributed by atoms with Crippen LogP contribution in [0.2, 0.25) is 0 Å². The third-order valence-corrected chi connectivity index (χ3v) is 2.43. The van der Waals surface area contributed by atoms with Crippen LogP contribution in [0.1, 0.15) is 6.92 Å². The Morgan fingerprint density at radius 1 is 1.44 bits per heavy atom. The highest BCUT2D eigenvalue weighted by molar-refractivity contribution is 5.77. The van der Waals surface area contributed by atoms with E-state index in [4.69, 9.17) is 5.11 Å². The molecule has 0 aliphatic carbocycles. The largest absolute Gasteiger partial charge is 0.389 e. The topological polar surface area (TPSA) is 53.0 Å². The van der Waals surface area contributed by atoms with E-state index in [1.807, 2.05) is 36.4 Å². The summed E-state index contributed by atoms with van der Waals surface area (Å²) in [5.74, 6) is 0. The van der Waals surface area contributed by atoms with Crippen LogP contribution >= 0.6 is 0 Å². The number of aliphatic hydroxyl groups excluding tert-OH is 1. The molecule has 1 unspecified atom stereocenters. The number of benzene rings is 1. The molecular weight excluding hydrogens is 226 g/mol. The quantitative estimate of drug-likeness (QED) is 0.707. The molecular formula is C14H17N3O. The number of aliphatic hydroxyl groups is 1. The molecule has 0 fully saturated rings. The minimum absolute atomic E-state index is 0.431. The van der Waals surface area contributed by atoms with E-state index in [2.05, 4.69) is 17.1 Å². The van der Waals surface area contributed by atoms with Crippen LogP contribution in [0.4, 0.5) is 0 Å². The Kier molecular flexibility index (Phi) is 3.69. The maximum Gasteiger partial charge on any atom is 0.106 e. The third kappa shape index (κ3) is 2.93. The maximum atomic E-state index is 9.04. The van der Waals surface area contributed by atoms with Crippen LogP contribution in [0.25, 0.3) is 11.0 Å². The summed E-state index contributed by atoms with van der Waals surface area (Å²) in [6.45, 7) is 5.60. The van der Waals surface area contributed by atoms with Gasteiger partial charge in [0.25, 0.3) is 0 Å². The number of aromatic nitrogens is 2. The fraction of sp³-hybridized carbons (Fsp3) is 0.143. The summed E-state index contributed by atoms with van der Waals surface area (Å²) in [5.41, 5.74) is 6.04. The molecule has 1 aromatic carbocycles. The molecule has 0 saturated carbocycles. The van der Waals surface area contributed by atoms with Crippen molar-refractivity contribution >= 4 is 11.0 Å². The molecule has 0 bridgehead atoms. The molecule has 18 heavy (non-hydrogen) atoms. The van der Waals surface area contributed by atoms with Crippen LogP contribution in [0.5, 0.6) is 0 Å². The second-order valence-electron chi connectivity index (χ2n) is 4.09. The first-order valence-corrected chi connectivity index (χ1v) is 5.81. The van der Waals surface area contributed by atoms with Gasteiger partial charge in [0.2, 0.25) is 0 Å². The van der Waals surface area contributed by atoms with Gasteiger partial charge in [-0.25, -0.2) is 0 Å². The van der Waals surface area contributed by atoms with Crippen LogP contribution in [0.15, 0.2) is 60.8 Å². The fourth-order valence-corrected chi connectivity index (χ4v) is 1.56. The molecule has 0 radical (unpaired) electrons. The molecule has 94 valence electrons. The smallest absolute Gasteiger partial charge is 0.106 e. The van der Waals surface area contributed by atoms with Gasteiger partial charge in [0.1, 0.15) is 5.52 Å². The predicted octanol–water partition coefficient (Wildman–Crippen LogP) is 2.52. The standard InChI is InChI=1S/C14H17N3O/c1-11(7-3-4-8-12(2)18)15-17-14-10-6-5-9-13(14)16-17/h3-10,12,15-16,18H,1H2,2H3/b7-3-,8-4-. The van der Waals surface area contributed by atoms with Crippen molar-refractivity contribution in [2.75, 3.05) is 5.43 Å². The number of nitrogens with one attached hydrogen (secondary N) is 2. The number of allylic oxidation sites excluding steroid dienone is 3. The van der Waals surface area contributed by atoms with E-state index in [-0.39, 0.29) is 0 Å². The van der Waals surface area contributed by atoms with Gasteiger partial charge in [0, 0.05) is 5.70 Å². The Hall–Kier alpha value is -2.20. The minimum atomic E-state index is -0.431. The molecule has 1 heterocycles.